The van der Waals surface area contributed by atoms with Crippen molar-refractivity contribution in [2.24, 2.45) is 0 Å². The average molecular weight is 368 g/mol. The van der Waals surface area contributed by atoms with E-state index in [1.54, 1.807) is 9.80 Å². The third-order valence-corrected chi connectivity index (χ3v) is 5.67. The van der Waals surface area contributed by atoms with Crippen LogP contribution in [-0.4, -0.2) is 115 Å². The van der Waals surface area contributed by atoms with Gasteiger partial charge in [0.15, 0.2) is 12.3 Å². The van der Waals surface area contributed by atoms with Crippen LogP contribution in [0.25, 0.3) is 0 Å². The molecule has 12 nitrogen and oxygen atoms in total. The van der Waals surface area contributed by atoms with Gasteiger partial charge >= 0.3 is 24.0 Å². The van der Waals surface area contributed by atoms with Crippen molar-refractivity contribution in [1.29, 1.82) is 0 Å². The number of amides is 4. The first-order valence-electron chi connectivity index (χ1n) is 8.30. The fourth-order valence-corrected chi connectivity index (χ4v) is 4.01. The molecule has 2 atom stereocenters. The number of carbonyl (C=O) groups excluding carboxylic acids is 2. The minimum absolute atomic E-state index is 0.107. The minimum atomic E-state index is -1.03. The standard InChI is InChI=1S/C14H20N6O6/c1-7(11(21)22)15-3-17-9-10-19(13(17)25)5-16(8(2)12(23)24)6-20(10)14(26)18(9)4-15/h7-10H,3-6H2,1-2H3,(H,21,22)(H,23,24). The van der Waals surface area contributed by atoms with Gasteiger partial charge in [-0.25, -0.2) is 9.59 Å². The molecule has 0 spiro atoms. The van der Waals surface area contributed by atoms with Gasteiger partial charge in [0, 0.05) is 0 Å². The molecule has 4 fully saturated rings. The van der Waals surface area contributed by atoms with E-state index in [9.17, 15) is 29.4 Å². The normalized spacial score (nSPS) is 30.7. The molecule has 142 valence electrons. The summed E-state index contributed by atoms with van der Waals surface area (Å²) in [5.74, 6) is -2.05. The SMILES string of the molecule is CC(C(=O)O)N1CN2C(=O)N3CN(C(C)C(=O)O)CN4C(=O)N(C1)C2C34. The summed E-state index contributed by atoms with van der Waals surface area (Å²) in [5.41, 5.74) is 0. The highest BCUT2D eigenvalue weighted by Crippen LogP contribution is 2.40. The van der Waals surface area contributed by atoms with E-state index < -0.39 is 36.4 Å². The average Bonchev–Trinajstić information content (AvgIpc) is 3.06. The van der Waals surface area contributed by atoms with Gasteiger partial charge in [0.2, 0.25) is 0 Å². The first-order valence-corrected chi connectivity index (χ1v) is 8.30. The molecule has 4 heterocycles. The smallest absolute Gasteiger partial charge is 0.325 e. The summed E-state index contributed by atoms with van der Waals surface area (Å²) >= 11 is 0. The highest BCUT2D eigenvalue weighted by atomic mass is 16.4. The Morgan fingerprint density at radius 3 is 1.27 bits per heavy atom. The van der Waals surface area contributed by atoms with Crippen molar-refractivity contribution >= 4 is 24.0 Å². The monoisotopic (exact) mass is 368 g/mol. The van der Waals surface area contributed by atoms with Crippen molar-refractivity contribution in [1.82, 2.24) is 29.4 Å². The van der Waals surface area contributed by atoms with Crippen LogP contribution in [-0.2, 0) is 9.59 Å². The third-order valence-electron chi connectivity index (χ3n) is 5.67. The van der Waals surface area contributed by atoms with Crippen LogP contribution in [0, 0.1) is 0 Å². The first-order chi connectivity index (χ1) is 12.2. The summed E-state index contributed by atoms with van der Waals surface area (Å²) in [6.07, 6.45) is -0.955. The Labute approximate surface area is 148 Å². The molecule has 2 N–H and O–H groups in total. The lowest BCUT2D eigenvalue weighted by molar-refractivity contribution is -0.148. The van der Waals surface area contributed by atoms with Crippen LogP contribution in [0.5, 0.6) is 0 Å². The molecule has 4 saturated heterocycles. The lowest BCUT2D eigenvalue weighted by atomic mass is 10.2. The zero-order valence-corrected chi connectivity index (χ0v) is 14.3. The second-order valence-corrected chi connectivity index (χ2v) is 7.04. The van der Waals surface area contributed by atoms with Crippen LogP contribution in [0.15, 0.2) is 0 Å². The number of aliphatic carboxylic acids is 2. The number of hydrogen-bond donors (Lipinski definition) is 2. The van der Waals surface area contributed by atoms with Crippen LogP contribution < -0.4 is 0 Å². The van der Waals surface area contributed by atoms with Gasteiger partial charge in [-0.15, -0.1) is 0 Å². The van der Waals surface area contributed by atoms with E-state index in [1.165, 1.54) is 33.4 Å². The molecule has 26 heavy (non-hydrogen) atoms. The third kappa shape index (κ3) is 2.08. The number of carbonyl (C=O) groups is 4. The largest absolute Gasteiger partial charge is 0.480 e. The number of urea groups is 2. The number of hydrogen-bond acceptors (Lipinski definition) is 6. The Kier molecular flexibility index (Phi) is 3.53. The molecule has 4 aliphatic heterocycles. The van der Waals surface area contributed by atoms with Crippen molar-refractivity contribution in [2.75, 3.05) is 26.7 Å². The van der Waals surface area contributed by atoms with Crippen LogP contribution in [0.4, 0.5) is 9.59 Å². The second kappa shape index (κ2) is 5.45. The Morgan fingerprint density at radius 2 is 1.04 bits per heavy atom. The molecule has 4 aliphatic rings. The summed E-state index contributed by atoms with van der Waals surface area (Å²) in [7, 11) is 0. The predicted molar refractivity (Wildman–Crippen MR) is 83.1 cm³/mol. The van der Waals surface area contributed by atoms with Crippen molar-refractivity contribution in [3.63, 3.8) is 0 Å². The maximum Gasteiger partial charge on any atom is 0.325 e. The van der Waals surface area contributed by atoms with Crippen LogP contribution >= 0.6 is 0 Å². The lowest BCUT2D eigenvalue weighted by Gasteiger charge is -2.44. The Bertz CT molecular complexity index is 611. The van der Waals surface area contributed by atoms with Crippen LogP contribution in [0.1, 0.15) is 13.8 Å². The van der Waals surface area contributed by atoms with Gasteiger partial charge in [-0.2, -0.15) is 0 Å². The molecular weight excluding hydrogens is 348 g/mol. The molecule has 0 aliphatic carbocycles. The van der Waals surface area contributed by atoms with E-state index in [-0.39, 0.29) is 38.7 Å². The van der Waals surface area contributed by atoms with Crippen molar-refractivity contribution in [2.45, 2.75) is 38.3 Å². The zero-order chi connectivity index (χ0) is 18.9. The van der Waals surface area contributed by atoms with E-state index in [2.05, 4.69) is 0 Å². The Morgan fingerprint density at radius 1 is 0.769 bits per heavy atom. The van der Waals surface area contributed by atoms with Crippen LogP contribution in [0.3, 0.4) is 0 Å². The molecule has 2 unspecified atom stereocenters. The van der Waals surface area contributed by atoms with Gasteiger partial charge in [-0.3, -0.25) is 39.0 Å². The van der Waals surface area contributed by atoms with Gasteiger partial charge in [0.05, 0.1) is 26.7 Å². The second-order valence-electron chi connectivity index (χ2n) is 7.04. The summed E-state index contributed by atoms with van der Waals surface area (Å²) in [5, 5.41) is 18.5. The quantitative estimate of drug-likeness (QED) is 0.615. The summed E-state index contributed by atoms with van der Waals surface area (Å²) < 4.78 is 0. The molecule has 0 saturated carbocycles. The van der Waals surface area contributed by atoms with E-state index in [4.69, 9.17) is 0 Å². The molecule has 4 amide bonds. The molecule has 0 aromatic rings. The van der Waals surface area contributed by atoms with Crippen LogP contribution in [0.2, 0.25) is 0 Å². The summed E-state index contributed by atoms with van der Waals surface area (Å²) in [6, 6.07) is -2.34. The molecule has 4 rings (SSSR count). The van der Waals surface area contributed by atoms with E-state index in [1.807, 2.05) is 0 Å². The number of carboxylic acid groups (broad SMARTS) is 2. The van der Waals surface area contributed by atoms with Gasteiger partial charge < -0.3 is 10.2 Å². The first kappa shape index (κ1) is 16.8. The maximum atomic E-state index is 12.9. The van der Waals surface area contributed by atoms with Gasteiger partial charge in [-0.1, -0.05) is 0 Å². The van der Waals surface area contributed by atoms with E-state index >= 15 is 0 Å². The van der Waals surface area contributed by atoms with E-state index in [0.29, 0.717) is 0 Å². The predicted octanol–water partition coefficient (Wildman–Crippen LogP) is -1.48. The number of rotatable bonds is 4. The van der Waals surface area contributed by atoms with Crippen molar-refractivity contribution in [3.05, 3.63) is 0 Å². The molecular formula is C14H20N6O6. The van der Waals surface area contributed by atoms with Crippen molar-refractivity contribution in [3.8, 4) is 0 Å². The fourth-order valence-electron chi connectivity index (χ4n) is 4.01. The minimum Gasteiger partial charge on any atom is -0.480 e. The summed E-state index contributed by atoms with van der Waals surface area (Å²) in [6.45, 7) is 3.45. The van der Waals surface area contributed by atoms with Gasteiger partial charge in [-0.05, 0) is 13.8 Å². The number of nitrogens with zero attached hydrogens (tertiary/aromatic N) is 6. The number of carboxylic acids is 2. The molecule has 0 aromatic heterocycles. The van der Waals surface area contributed by atoms with Gasteiger partial charge in [0.1, 0.15) is 12.1 Å². The highest BCUT2D eigenvalue weighted by molar-refractivity contribution is 5.86. The molecule has 0 bridgehead atoms. The lowest BCUT2D eigenvalue weighted by Crippen LogP contribution is -2.63. The Balaban J connectivity index is 1.65. The maximum absolute atomic E-state index is 12.9. The van der Waals surface area contributed by atoms with Crippen molar-refractivity contribution < 1.29 is 29.4 Å². The fraction of sp³-hybridized carbons (Fsp3) is 0.714. The molecule has 0 radical (unpaired) electrons. The highest BCUT2D eigenvalue weighted by Gasteiger charge is 2.63. The topological polar surface area (TPSA) is 128 Å². The van der Waals surface area contributed by atoms with Gasteiger partial charge in [0.25, 0.3) is 0 Å². The summed E-state index contributed by atoms with van der Waals surface area (Å²) in [4.78, 5) is 57.4. The molecule has 0 aromatic carbocycles. The molecule has 12 heteroatoms. The zero-order valence-electron chi connectivity index (χ0n) is 14.3. The van der Waals surface area contributed by atoms with E-state index in [0.717, 1.165) is 0 Å². The Hall–Kier alpha value is -2.60.